The maximum Gasteiger partial charge on any atom is 0.310 e. The Balaban J connectivity index is 2.25. The number of aryl methyl sites for hydroxylation is 1. The van der Waals surface area contributed by atoms with Crippen molar-refractivity contribution in [3.8, 4) is 5.75 Å². The molecule has 0 aliphatic rings. The number of hydrogen-bond donors (Lipinski definition) is 0. The molecule has 0 unspecified atom stereocenters. The van der Waals surface area contributed by atoms with E-state index in [-0.39, 0.29) is 11.4 Å². The quantitative estimate of drug-likeness (QED) is 0.600. The summed E-state index contributed by atoms with van der Waals surface area (Å²) in [4.78, 5) is 14.7. The first-order chi connectivity index (χ1) is 9.65. The number of aromatic nitrogens is 2. The van der Waals surface area contributed by atoms with Crippen molar-refractivity contribution in [2.24, 2.45) is 0 Å². The lowest BCUT2D eigenvalue weighted by Crippen LogP contribution is -2.05. The van der Waals surface area contributed by atoms with Crippen LogP contribution in [0.2, 0.25) is 0 Å². The van der Waals surface area contributed by atoms with E-state index in [1.54, 1.807) is 18.3 Å². The fourth-order valence-electron chi connectivity index (χ4n) is 2.10. The van der Waals surface area contributed by atoms with Crippen LogP contribution >= 0.6 is 0 Å². The summed E-state index contributed by atoms with van der Waals surface area (Å²) in [6.07, 6.45) is 5.63. The smallest absolute Gasteiger partial charge is 0.310 e. The molecule has 1 aromatic carbocycles. The molecule has 0 spiro atoms. The topological polar surface area (TPSA) is 70.2 Å². The number of methoxy groups -OCH3 is 1. The van der Waals surface area contributed by atoms with Gasteiger partial charge in [0.15, 0.2) is 5.75 Å². The molecule has 0 saturated heterocycles. The average molecular weight is 275 g/mol. The van der Waals surface area contributed by atoms with E-state index in [0.29, 0.717) is 6.54 Å². The zero-order valence-corrected chi connectivity index (χ0v) is 11.6. The second-order valence-electron chi connectivity index (χ2n) is 4.48. The molecule has 0 bridgehead atoms. The Kier molecular flexibility index (Phi) is 4.34. The predicted octanol–water partition coefficient (Wildman–Crippen LogP) is 2.80. The number of hydrogen-bond acceptors (Lipinski definition) is 4. The first-order valence-electron chi connectivity index (χ1n) is 6.47. The van der Waals surface area contributed by atoms with Crippen molar-refractivity contribution in [3.63, 3.8) is 0 Å². The monoisotopic (exact) mass is 275 g/mol. The first-order valence-corrected chi connectivity index (χ1v) is 6.47. The minimum atomic E-state index is -0.442. The maximum atomic E-state index is 10.9. The molecule has 0 amide bonds. The van der Waals surface area contributed by atoms with Crippen molar-refractivity contribution in [2.75, 3.05) is 7.11 Å². The van der Waals surface area contributed by atoms with Gasteiger partial charge in [-0.05, 0) is 18.1 Å². The molecule has 0 saturated carbocycles. The summed E-state index contributed by atoms with van der Waals surface area (Å²) in [7, 11) is 1.44. The van der Waals surface area contributed by atoms with Gasteiger partial charge in [0.25, 0.3) is 0 Å². The minimum Gasteiger partial charge on any atom is -0.490 e. The van der Waals surface area contributed by atoms with Crippen LogP contribution in [0.25, 0.3) is 0 Å². The standard InChI is InChI=1S/C14H17N3O3/c1-3-4-14-15-7-8-16(14)10-11-5-6-12(17(18)19)13(9-11)20-2/h5-9H,3-4,10H2,1-2H3. The first kappa shape index (κ1) is 14.0. The van der Waals surface area contributed by atoms with E-state index in [2.05, 4.69) is 11.9 Å². The molecular formula is C14H17N3O3. The van der Waals surface area contributed by atoms with Crippen LogP contribution in [0.3, 0.4) is 0 Å². The zero-order chi connectivity index (χ0) is 14.5. The van der Waals surface area contributed by atoms with E-state index in [1.165, 1.54) is 13.2 Å². The van der Waals surface area contributed by atoms with Gasteiger partial charge in [0.2, 0.25) is 0 Å². The molecule has 0 atom stereocenters. The lowest BCUT2D eigenvalue weighted by molar-refractivity contribution is -0.385. The van der Waals surface area contributed by atoms with E-state index >= 15 is 0 Å². The van der Waals surface area contributed by atoms with Crippen molar-refractivity contribution < 1.29 is 9.66 Å². The van der Waals surface area contributed by atoms with Crippen molar-refractivity contribution >= 4 is 5.69 Å². The number of benzene rings is 1. The van der Waals surface area contributed by atoms with Crippen molar-refractivity contribution in [3.05, 3.63) is 52.1 Å². The predicted molar refractivity (Wildman–Crippen MR) is 75.0 cm³/mol. The van der Waals surface area contributed by atoms with Crippen LogP contribution in [-0.2, 0) is 13.0 Å². The molecule has 6 nitrogen and oxygen atoms in total. The van der Waals surface area contributed by atoms with Crippen LogP contribution in [0.15, 0.2) is 30.6 Å². The van der Waals surface area contributed by atoms with Crippen molar-refractivity contribution in [1.29, 1.82) is 0 Å². The Morgan fingerprint density at radius 2 is 2.25 bits per heavy atom. The highest BCUT2D eigenvalue weighted by Crippen LogP contribution is 2.27. The van der Waals surface area contributed by atoms with Crippen molar-refractivity contribution in [1.82, 2.24) is 9.55 Å². The molecule has 0 aliphatic heterocycles. The Hall–Kier alpha value is -2.37. The van der Waals surface area contributed by atoms with Crippen LogP contribution in [0.5, 0.6) is 5.75 Å². The van der Waals surface area contributed by atoms with Crippen LogP contribution in [-0.4, -0.2) is 21.6 Å². The van der Waals surface area contributed by atoms with Crippen LogP contribution in [0.1, 0.15) is 24.7 Å². The summed E-state index contributed by atoms with van der Waals surface area (Å²) in [6.45, 7) is 2.73. The Labute approximate surface area is 117 Å². The number of nitrogens with zero attached hydrogens (tertiary/aromatic N) is 3. The lowest BCUT2D eigenvalue weighted by atomic mass is 10.2. The summed E-state index contributed by atoms with van der Waals surface area (Å²) in [5, 5.41) is 10.9. The Morgan fingerprint density at radius 1 is 1.45 bits per heavy atom. The average Bonchev–Trinajstić information content (AvgIpc) is 2.86. The molecule has 20 heavy (non-hydrogen) atoms. The number of imidazole rings is 1. The second-order valence-corrected chi connectivity index (χ2v) is 4.48. The molecule has 0 N–H and O–H groups in total. The van der Waals surface area contributed by atoms with Gasteiger partial charge in [0.05, 0.1) is 12.0 Å². The van der Waals surface area contributed by atoms with E-state index < -0.39 is 4.92 Å². The highest BCUT2D eigenvalue weighted by Gasteiger charge is 2.15. The van der Waals surface area contributed by atoms with Crippen molar-refractivity contribution in [2.45, 2.75) is 26.3 Å². The minimum absolute atomic E-state index is 0.0179. The normalized spacial score (nSPS) is 10.5. The Morgan fingerprint density at radius 3 is 2.90 bits per heavy atom. The highest BCUT2D eigenvalue weighted by atomic mass is 16.6. The van der Waals surface area contributed by atoms with E-state index in [1.807, 2.05) is 10.8 Å². The summed E-state index contributed by atoms with van der Waals surface area (Å²) in [5.74, 6) is 1.30. The molecule has 0 aliphatic carbocycles. The number of ether oxygens (including phenoxy) is 1. The molecule has 1 heterocycles. The van der Waals surface area contributed by atoms with Gasteiger partial charge in [-0.1, -0.05) is 13.0 Å². The number of rotatable bonds is 6. The van der Waals surface area contributed by atoms with E-state index in [0.717, 1.165) is 24.2 Å². The zero-order valence-electron chi connectivity index (χ0n) is 11.6. The van der Waals surface area contributed by atoms with E-state index in [4.69, 9.17) is 4.74 Å². The van der Waals surface area contributed by atoms with Crippen LogP contribution in [0, 0.1) is 10.1 Å². The van der Waals surface area contributed by atoms with Gasteiger partial charge >= 0.3 is 5.69 Å². The third-order valence-corrected chi connectivity index (χ3v) is 3.07. The van der Waals surface area contributed by atoms with Gasteiger partial charge in [-0.15, -0.1) is 0 Å². The number of nitro benzene ring substituents is 1. The highest BCUT2D eigenvalue weighted by molar-refractivity contribution is 5.48. The van der Waals surface area contributed by atoms with E-state index in [9.17, 15) is 10.1 Å². The lowest BCUT2D eigenvalue weighted by Gasteiger charge is -2.09. The molecule has 0 fully saturated rings. The fraction of sp³-hybridized carbons (Fsp3) is 0.357. The fourth-order valence-corrected chi connectivity index (χ4v) is 2.10. The van der Waals surface area contributed by atoms with Gasteiger partial charge < -0.3 is 9.30 Å². The third-order valence-electron chi connectivity index (χ3n) is 3.07. The summed E-state index contributed by atoms with van der Waals surface area (Å²) in [5.41, 5.74) is 0.929. The van der Waals surface area contributed by atoms with Gasteiger partial charge in [0.1, 0.15) is 5.82 Å². The van der Waals surface area contributed by atoms with Crippen LogP contribution < -0.4 is 4.74 Å². The SMILES string of the molecule is CCCc1nccn1Cc1ccc([N+](=O)[O-])c(OC)c1. The third kappa shape index (κ3) is 2.96. The summed E-state index contributed by atoms with van der Waals surface area (Å²) in [6, 6.07) is 4.93. The van der Waals surface area contributed by atoms with Gasteiger partial charge in [-0.3, -0.25) is 10.1 Å². The van der Waals surface area contributed by atoms with Gasteiger partial charge in [-0.25, -0.2) is 4.98 Å². The molecule has 6 heteroatoms. The summed E-state index contributed by atoms with van der Waals surface area (Å²) >= 11 is 0. The number of nitro groups is 1. The maximum absolute atomic E-state index is 10.9. The molecule has 2 rings (SSSR count). The summed E-state index contributed by atoms with van der Waals surface area (Å²) < 4.78 is 7.12. The largest absolute Gasteiger partial charge is 0.490 e. The Bertz CT molecular complexity index is 607. The molecule has 106 valence electrons. The molecule has 0 radical (unpaired) electrons. The van der Waals surface area contributed by atoms with Crippen LogP contribution in [0.4, 0.5) is 5.69 Å². The molecular weight excluding hydrogens is 258 g/mol. The van der Waals surface area contributed by atoms with Gasteiger partial charge in [-0.2, -0.15) is 0 Å². The second kappa shape index (κ2) is 6.18. The molecule has 1 aromatic heterocycles. The molecule has 2 aromatic rings. The van der Waals surface area contributed by atoms with Gasteiger partial charge in [0, 0.05) is 31.4 Å².